The molecule has 3 nitrogen and oxygen atoms in total. The van der Waals surface area contributed by atoms with Crippen molar-refractivity contribution in [3.05, 3.63) is 52.6 Å². The first-order chi connectivity index (χ1) is 10.8. The van der Waals surface area contributed by atoms with Gasteiger partial charge in [-0.05, 0) is 59.2 Å². The molecule has 0 amide bonds. The number of ether oxygens (including phenoxy) is 1. The van der Waals surface area contributed by atoms with Crippen molar-refractivity contribution in [2.24, 2.45) is 0 Å². The molecule has 0 saturated heterocycles. The number of rotatable bonds is 4. The van der Waals surface area contributed by atoms with Crippen LogP contribution in [-0.2, 0) is 0 Å². The fraction of sp³-hybridized carbons (Fsp3) is 0.389. The van der Waals surface area contributed by atoms with Crippen LogP contribution in [-0.4, -0.2) is 18.1 Å². The van der Waals surface area contributed by atoms with Gasteiger partial charge in [0, 0.05) is 12.2 Å². The Bertz CT molecular complexity index is 610. The highest BCUT2D eigenvalue weighted by Crippen LogP contribution is 2.36. The number of pyridine rings is 1. The van der Waals surface area contributed by atoms with Crippen molar-refractivity contribution in [3.8, 4) is 5.88 Å². The maximum absolute atomic E-state index is 5.25. The molecular formula is C18H21BrN2O. The Labute approximate surface area is 140 Å². The summed E-state index contributed by atoms with van der Waals surface area (Å²) >= 11 is 3.57. The van der Waals surface area contributed by atoms with Gasteiger partial charge in [0.25, 0.3) is 0 Å². The highest BCUT2D eigenvalue weighted by atomic mass is 79.9. The quantitative estimate of drug-likeness (QED) is 0.833. The van der Waals surface area contributed by atoms with E-state index in [4.69, 9.17) is 4.74 Å². The molecule has 1 aliphatic carbocycles. The normalized spacial score (nSPS) is 21.4. The van der Waals surface area contributed by atoms with E-state index < -0.39 is 0 Å². The molecule has 1 aromatic carbocycles. The molecule has 4 heteroatoms. The lowest BCUT2D eigenvalue weighted by Crippen LogP contribution is -2.25. The number of halogens is 1. The van der Waals surface area contributed by atoms with Crippen molar-refractivity contribution in [3.63, 3.8) is 0 Å². The van der Waals surface area contributed by atoms with Gasteiger partial charge in [0.05, 0.1) is 12.8 Å². The predicted molar refractivity (Wildman–Crippen MR) is 93.6 cm³/mol. The topological polar surface area (TPSA) is 34.1 Å². The summed E-state index contributed by atoms with van der Waals surface area (Å²) < 4.78 is 6.16. The minimum atomic E-state index is 0.517. The van der Waals surface area contributed by atoms with E-state index in [1.54, 1.807) is 13.3 Å². The second-order valence-corrected chi connectivity index (χ2v) is 6.58. The summed E-state index contributed by atoms with van der Waals surface area (Å²) in [6.07, 6.45) is 6.64. The van der Waals surface area contributed by atoms with Crippen molar-refractivity contribution in [1.82, 2.24) is 4.98 Å². The number of aromatic nitrogens is 1. The Hall–Kier alpha value is -1.55. The standard InChI is InChI=1S/C18H21BrN2O/c1-22-18-17(19)16(11-12-20-18)21-15-9-7-14(8-10-15)13-5-3-2-4-6-13/h2-6,11-12,14-15H,7-10H2,1H3,(H,20,21). The van der Waals surface area contributed by atoms with Gasteiger partial charge in [-0.1, -0.05) is 30.3 Å². The first kappa shape index (κ1) is 15.3. The Morgan fingerprint density at radius 1 is 1.09 bits per heavy atom. The van der Waals surface area contributed by atoms with Gasteiger partial charge in [0.1, 0.15) is 4.47 Å². The summed E-state index contributed by atoms with van der Waals surface area (Å²) in [6, 6.07) is 13.4. The third-order valence-electron chi connectivity index (χ3n) is 4.41. The number of benzene rings is 1. The van der Waals surface area contributed by atoms with Crippen molar-refractivity contribution in [2.75, 3.05) is 12.4 Å². The number of anilines is 1. The minimum absolute atomic E-state index is 0.517. The number of nitrogens with one attached hydrogen (secondary N) is 1. The molecule has 1 aromatic heterocycles. The van der Waals surface area contributed by atoms with Crippen molar-refractivity contribution >= 4 is 21.6 Å². The number of hydrogen-bond donors (Lipinski definition) is 1. The summed E-state index contributed by atoms with van der Waals surface area (Å²) in [6.45, 7) is 0. The highest BCUT2D eigenvalue weighted by molar-refractivity contribution is 9.10. The van der Waals surface area contributed by atoms with Crippen LogP contribution >= 0.6 is 15.9 Å². The maximum atomic E-state index is 5.25. The third kappa shape index (κ3) is 3.43. The van der Waals surface area contributed by atoms with E-state index in [1.165, 1.54) is 31.2 Å². The molecule has 1 N–H and O–H groups in total. The van der Waals surface area contributed by atoms with Gasteiger partial charge in [-0.15, -0.1) is 0 Å². The van der Waals surface area contributed by atoms with Crippen molar-refractivity contribution in [2.45, 2.75) is 37.6 Å². The fourth-order valence-corrected chi connectivity index (χ4v) is 3.71. The summed E-state index contributed by atoms with van der Waals surface area (Å²) in [5.41, 5.74) is 2.54. The lowest BCUT2D eigenvalue weighted by molar-refractivity contribution is 0.394. The molecule has 1 heterocycles. The summed E-state index contributed by atoms with van der Waals surface area (Å²) in [4.78, 5) is 4.19. The molecule has 0 radical (unpaired) electrons. The lowest BCUT2D eigenvalue weighted by Gasteiger charge is -2.30. The molecule has 0 aliphatic heterocycles. The van der Waals surface area contributed by atoms with Crippen molar-refractivity contribution in [1.29, 1.82) is 0 Å². The predicted octanol–water partition coefficient (Wildman–Crippen LogP) is 4.99. The van der Waals surface area contributed by atoms with Crippen molar-refractivity contribution < 1.29 is 4.74 Å². The van der Waals surface area contributed by atoms with Crippen LogP contribution in [0.2, 0.25) is 0 Å². The molecule has 0 unspecified atom stereocenters. The lowest BCUT2D eigenvalue weighted by atomic mass is 9.82. The molecule has 116 valence electrons. The monoisotopic (exact) mass is 360 g/mol. The van der Waals surface area contributed by atoms with Gasteiger partial charge in [-0.25, -0.2) is 4.98 Å². The van der Waals surface area contributed by atoms with Crippen LogP contribution in [0.4, 0.5) is 5.69 Å². The Kier molecular flexibility index (Phi) is 4.98. The molecule has 0 bridgehead atoms. The van der Waals surface area contributed by atoms with E-state index in [1.807, 2.05) is 6.07 Å². The average molecular weight is 361 g/mol. The van der Waals surface area contributed by atoms with Crippen LogP contribution in [0.5, 0.6) is 5.88 Å². The summed E-state index contributed by atoms with van der Waals surface area (Å²) in [5.74, 6) is 1.33. The molecule has 3 rings (SSSR count). The average Bonchev–Trinajstić information content (AvgIpc) is 2.58. The zero-order valence-corrected chi connectivity index (χ0v) is 14.3. The Morgan fingerprint density at radius 3 is 2.50 bits per heavy atom. The van der Waals surface area contributed by atoms with Gasteiger partial charge in [-0.2, -0.15) is 0 Å². The molecule has 0 atom stereocenters. The molecule has 1 fully saturated rings. The Morgan fingerprint density at radius 2 is 1.82 bits per heavy atom. The SMILES string of the molecule is COc1nccc(NC2CCC(c3ccccc3)CC2)c1Br. The number of hydrogen-bond acceptors (Lipinski definition) is 3. The second kappa shape index (κ2) is 7.14. The van der Waals surface area contributed by atoms with Crippen LogP contribution in [0.25, 0.3) is 0 Å². The van der Waals surface area contributed by atoms with Crippen LogP contribution in [0.1, 0.15) is 37.2 Å². The van der Waals surface area contributed by atoms with Gasteiger partial charge in [0.2, 0.25) is 5.88 Å². The smallest absolute Gasteiger partial charge is 0.229 e. The summed E-state index contributed by atoms with van der Waals surface area (Å²) in [5, 5.41) is 3.63. The molecule has 1 aliphatic rings. The largest absolute Gasteiger partial charge is 0.480 e. The third-order valence-corrected chi connectivity index (χ3v) is 5.17. The molecule has 22 heavy (non-hydrogen) atoms. The first-order valence-corrected chi connectivity index (χ1v) is 8.57. The van der Waals surface area contributed by atoms with Crippen LogP contribution in [0, 0.1) is 0 Å². The maximum Gasteiger partial charge on any atom is 0.229 e. The molecule has 0 spiro atoms. The second-order valence-electron chi connectivity index (χ2n) is 5.79. The van der Waals surface area contributed by atoms with Gasteiger partial charge < -0.3 is 10.1 Å². The first-order valence-electron chi connectivity index (χ1n) is 7.78. The van der Waals surface area contributed by atoms with Crippen LogP contribution < -0.4 is 10.1 Å². The molecular weight excluding hydrogens is 340 g/mol. The van der Waals surface area contributed by atoms with E-state index in [0.717, 1.165) is 10.2 Å². The van der Waals surface area contributed by atoms with E-state index in [2.05, 4.69) is 56.6 Å². The summed E-state index contributed by atoms with van der Waals surface area (Å²) in [7, 11) is 1.64. The van der Waals surface area contributed by atoms with E-state index in [0.29, 0.717) is 17.8 Å². The molecule has 2 aromatic rings. The zero-order chi connectivity index (χ0) is 15.4. The van der Waals surface area contributed by atoms with Gasteiger partial charge in [0.15, 0.2) is 0 Å². The van der Waals surface area contributed by atoms with E-state index in [9.17, 15) is 0 Å². The van der Waals surface area contributed by atoms with Crippen LogP contribution in [0.15, 0.2) is 47.1 Å². The van der Waals surface area contributed by atoms with Crippen LogP contribution in [0.3, 0.4) is 0 Å². The Balaban J connectivity index is 1.61. The fourth-order valence-electron chi connectivity index (χ4n) is 3.19. The minimum Gasteiger partial charge on any atom is -0.480 e. The molecule has 1 saturated carbocycles. The number of nitrogens with zero attached hydrogens (tertiary/aromatic N) is 1. The highest BCUT2D eigenvalue weighted by Gasteiger charge is 2.23. The van der Waals surface area contributed by atoms with E-state index in [-0.39, 0.29) is 0 Å². The van der Waals surface area contributed by atoms with E-state index >= 15 is 0 Å². The number of methoxy groups -OCH3 is 1. The van der Waals surface area contributed by atoms with Gasteiger partial charge in [-0.3, -0.25) is 0 Å². The van der Waals surface area contributed by atoms with Gasteiger partial charge >= 0.3 is 0 Å². The zero-order valence-electron chi connectivity index (χ0n) is 12.8.